The fourth-order valence-corrected chi connectivity index (χ4v) is 2.35. The van der Waals surface area contributed by atoms with Gasteiger partial charge < -0.3 is 35.4 Å². The van der Waals surface area contributed by atoms with E-state index < -0.39 is 37.3 Å². The van der Waals surface area contributed by atoms with Crippen molar-refractivity contribution in [3.8, 4) is 11.5 Å². The van der Waals surface area contributed by atoms with E-state index in [-0.39, 0.29) is 17.2 Å². The summed E-state index contributed by atoms with van der Waals surface area (Å²) in [4.78, 5) is 4.13. The fraction of sp³-hybridized carbons (Fsp3) is 0.500. The predicted octanol–water partition coefficient (Wildman–Crippen LogP) is -1.29. The smallest absolute Gasteiger partial charge is 0.183 e. The van der Waals surface area contributed by atoms with Gasteiger partial charge in [0.05, 0.1) is 6.61 Å². The van der Waals surface area contributed by atoms with Crippen molar-refractivity contribution in [3.63, 3.8) is 0 Å². The third-order valence-corrected chi connectivity index (χ3v) is 3.58. The molecule has 1 aliphatic heterocycles. The van der Waals surface area contributed by atoms with Gasteiger partial charge in [-0.15, -0.1) is 0 Å². The number of phenols is 2. The average molecular weight is 313 g/mol. The van der Waals surface area contributed by atoms with Gasteiger partial charge in [0.25, 0.3) is 0 Å². The van der Waals surface area contributed by atoms with Crippen LogP contribution in [0.1, 0.15) is 12.5 Å². The maximum atomic E-state index is 10.1. The number of aliphatic imine (C=N–C) groups is 1. The van der Waals surface area contributed by atoms with Crippen molar-refractivity contribution in [2.24, 2.45) is 4.99 Å². The SMILES string of the molecule is CC(=NC1C(O)C(O)OC(CO)C1O)c1ccc(O)cc1O. The number of nitrogens with zero attached hydrogens (tertiary/aromatic N) is 1. The lowest BCUT2D eigenvalue weighted by Gasteiger charge is -2.38. The zero-order chi connectivity index (χ0) is 16.4. The molecule has 8 nitrogen and oxygen atoms in total. The van der Waals surface area contributed by atoms with Crippen LogP contribution in [0.25, 0.3) is 0 Å². The van der Waals surface area contributed by atoms with Crippen LogP contribution in [-0.2, 0) is 4.74 Å². The van der Waals surface area contributed by atoms with Crippen molar-refractivity contribution in [1.82, 2.24) is 0 Å². The monoisotopic (exact) mass is 313 g/mol. The van der Waals surface area contributed by atoms with Gasteiger partial charge in [0.15, 0.2) is 6.29 Å². The van der Waals surface area contributed by atoms with Gasteiger partial charge in [0, 0.05) is 17.3 Å². The van der Waals surface area contributed by atoms with Crippen molar-refractivity contribution in [3.05, 3.63) is 23.8 Å². The summed E-state index contributed by atoms with van der Waals surface area (Å²) in [7, 11) is 0. The third-order valence-electron chi connectivity index (χ3n) is 3.58. The lowest BCUT2D eigenvalue weighted by atomic mass is 9.96. The van der Waals surface area contributed by atoms with Gasteiger partial charge in [0.1, 0.15) is 35.9 Å². The summed E-state index contributed by atoms with van der Waals surface area (Å²) in [6.45, 7) is 1.00. The number of aromatic hydroxyl groups is 2. The van der Waals surface area contributed by atoms with Gasteiger partial charge in [-0.2, -0.15) is 0 Å². The Morgan fingerprint density at radius 3 is 2.45 bits per heavy atom. The Morgan fingerprint density at radius 1 is 1.18 bits per heavy atom. The number of ether oxygens (including phenoxy) is 1. The Kier molecular flexibility index (Phi) is 4.99. The summed E-state index contributed by atoms with van der Waals surface area (Å²) in [6, 6.07) is 2.79. The van der Waals surface area contributed by atoms with Crippen LogP contribution in [0.4, 0.5) is 0 Å². The Labute approximate surface area is 126 Å². The molecule has 0 spiro atoms. The van der Waals surface area contributed by atoms with E-state index in [1.54, 1.807) is 6.92 Å². The summed E-state index contributed by atoms with van der Waals surface area (Å²) in [5.74, 6) is -0.326. The quantitative estimate of drug-likeness (QED) is 0.381. The molecule has 1 fully saturated rings. The largest absolute Gasteiger partial charge is 0.508 e. The molecule has 1 heterocycles. The van der Waals surface area contributed by atoms with Gasteiger partial charge >= 0.3 is 0 Å². The summed E-state index contributed by atoms with van der Waals surface area (Å²) in [5, 5.41) is 57.7. The zero-order valence-electron chi connectivity index (χ0n) is 11.9. The summed E-state index contributed by atoms with van der Waals surface area (Å²) in [6.07, 6.45) is -5.46. The molecule has 5 atom stereocenters. The van der Waals surface area contributed by atoms with E-state index in [1.165, 1.54) is 12.1 Å². The highest BCUT2D eigenvalue weighted by Crippen LogP contribution is 2.26. The Balaban J connectivity index is 2.32. The number of aliphatic hydroxyl groups is 4. The molecule has 2 rings (SSSR count). The maximum absolute atomic E-state index is 10.1. The number of benzene rings is 1. The second-order valence-corrected chi connectivity index (χ2v) is 5.14. The van der Waals surface area contributed by atoms with Crippen LogP contribution in [0.5, 0.6) is 11.5 Å². The van der Waals surface area contributed by atoms with E-state index >= 15 is 0 Å². The molecule has 22 heavy (non-hydrogen) atoms. The lowest BCUT2D eigenvalue weighted by molar-refractivity contribution is -0.257. The Morgan fingerprint density at radius 2 is 1.86 bits per heavy atom. The molecule has 0 radical (unpaired) electrons. The molecule has 1 aromatic rings. The average Bonchev–Trinajstić information content (AvgIpc) is 2.47. The lowest BCUT2D eigenvalue weighted by Crippen LogP contribution is -2.58. The molecule has 1 saturated heterocycles. The number of hydrogen-bond donors (Lipinski definition) is 6. The van der Waals surface area contributed by atoms with Crippen LogP contribution in [0.15, 0.2) is 23.2 Å². The molecule has 0 bridgehead atoms. The Hall–Kier alpha value is -1.71. The minimum Gasteiger partial charge on any atom is -0.508 e. The molecule has 5 unspecified atom stereocenters. The third kappa shape index (κ3) is 3.21. The second-order valence-electron chi connectivity index (χ2n) is 5.14. The molecule has 0 aliphatic carbocycles. The van der Waals surface area contributed by atoms with E-state index in [2.05, 4.69) is 4.99 Å². The number of phenolic OH excluding ortho intramolecular Hbond substituents is 2. The normalized spacial score (nSPS) is 33.0. The van der Waals surface area contributed by atoms with E-state index in [1.807, 2.05) is 0 Å². The van der Waals surface area contributed by atoms with Gasteiger partial charge in [-0.05, 0) is 19.1 Å². The predicted molar refractivity (Wildman–Crippen MR) is 75.7 cm³/mol. The number of aliphatic hydroxyl groups excluding tert-OH is 4. The first-order valence-electron chi connectivity index (χ1n) is 6.72. The highest BCUT2D eigenvalue weighted by atomic mass is 16.6. The van der Waals surface area contributed by atoms with Crippen LogP contribution in [-0.4, -0.2) is 73.6 Å². The van der Waals surface area contributed by atoms with Crippen molar-refractivity contribution in [1.29, 1.82) is 0 Å². The molecule has 0 saturated carbocycles. The highest BCUT2D eigenvalue weighted by molar-refractivity contribution is 6.01. The minimum atomic E-state index is -1.59. The minimum absolute atomic E-state index is 0.115. The van der Waals surface area contributed by atoms with Crippen molar-refractivity contribution in [2.75, 3.05) is 6.61 Å². The summed E-state index contributed by atoms with van der Waals surface area (Å²) >= 11 is 0. The maximum Gasteiger partial charge on any atom is 0.183 e. The molecule has 8 heteroatoms. The molecule has 0 amide bonds. The van der Waals surface area contributed by atoms with Gasteiger partial charge in [-0.1, -0.05) is 0 Å². The first-order chi connectivity index (χ1) is 10.3. The summed E-state index contributed by atoms with van der Waals surface area (Å²) in [5.41, 5.74) is 0.588. The van der Waals surface area contributed by atoms with E-state index in [4.69, 9.17) is 9.84 Å². The van der Waals surface area contributed by atoms with Gasteiger partial charge in [0.2, 0.25) is 0 Å². The number of hydrogen-bond acceptors (Lipinski definition) is 8. The zero-order valence-corrected chi connectivity index (χ0v) is 11.9. The number of rotatable bonds is 3. The van der Waals surface area contributed by atoms with Gasteiger partial charge in [-0.25, -0.2) is 0 Å². The molecule has 122 valence electrons. The molecular weight excluding hydrogens is 294 g/mol. The van der Waals surface area contributed by atoms with Crippen LogP contribution in [0, 0.1) is 0 Å². The van der Waals surface area contributed by atoms with E-state index in [0.717, 1.165) is 6.07 Å². The standard InChI is InChI=1S/C14H19NO7/c1-6(8-3-2-7(17)4-9(8)18)15-11-12(19)10(5-16)22-14(21)13(11)20/h2-4,10-14,16-21H,5H2,1H3. The topological polar surface area (TPSA) is 143 Å². The van der Waals surface area contributed by atoms with Crippen LogP contribution < -0.4 is 0 Å². The van der Waals surface area contributed by atoms with Crippen molar-refractivity contribution < 1.29 is 35.4 Å². The molecule has 6 N–H and O–H groups in total. The molecule has 1 aliphatic rings. The van der Waals surface area contributed by atoms with Crippen LogP contribution in [0.2, 0.25) is 0 Å². The van der Waals surface area contributed by atoms with Crippen molar-refractivity contribution in [2.45, 2.75) is 37.6 Å². The van der Waals surface area contributed by atoms with Crippen LogP contribution in [0.3, 0.4) is 0 Å². The first kappa shape index (κ1) is 16.7. The second kappa shape index (κ2) is 6.59. The van der Waals surface area contributed by atoms with Crippen LogP contribution >= 0.6 is 0 Å². The molecule has 1 aromatic carbocycles. The van der Waals surface area contributed by atoms with Gasteiger partial charge in [-0.3, -0.25) is 4.99 Å². The van der Waals surface area contributed by atoms with E-state index in [9.17, 15) is 25.5 Å². The molecule has 0 aromatic heterocycles. The highest BCUT2D eigenvalue weighted by Gasteiger charge is 2.43. The van der Waals surface area contributed by atoms with Crippen molar-refractivity contribution >= 4 is 5.71 Å². The summed E-state index contributed by atoms with van der Waals surface area (Å²) < 4.78 is 4.87. The molecular formula is C14H19NO7. The first-order valence-corrected chi connectivity index (χ1v) is 6.72. The Bertz CT molecular complexity index is 562. The fourth-order valence-electron chi connectivity index (χ4n) is 2.35. The van der Waals surface area contributed by atoms with E-state index in [0.29, 0.717) is 5.56 Å².